The largest absolute Gasteiger partial charge is 0.103 e. The molecule has 0 saturated heterocycles. The Hall–Kier alpha value is -2.08. The van der Waals surface area contributed by atoms with E-state index < -0.39 is 0 Å². The van der Waals surface area contributed by atoms with Gasteiger partial charge in [0.15, 0.2) is 0 Å². The lowest BCUT2D eigenvalue weighted by Gasteiger charge is -2.29. The van der Waals surface area contributed by atoms with E-state index >= 15 is 0 Å². The van der Waals surface area contributed by atoms with Gasteiger partial charge in [0.2, 0.25) is 0 Å². The first-order valence-corrected chi connectivity index (χ1v) is 9.23. The maximum atomic E-state index is 4.14. The number of rotatable bonds is 2. The summed E-state index contributed by atoms with van der Waals surface area (Å²) in [6.07, 6.45) is 8.22. The van der Waals surface area contributed by atoms with Crippen molar-refractivity contribution in [3.63, 3.8) is 0 Å². The van der Waals surface area contributed by atoms with Crippen LogP contribution in [0.15, 0.2) is 73.8 Å². The molecule has 5 rings (SSSR count). The second kappa shape index (κ2) is 4.96. The minimum atomic E-state index is 0.214. The highest BCUT2D eigenvalue weighted by atomic mass is 14.6. The minimum absolute atomic E-state index is 0.214. The van der Waals surface area contributed by atoms with Crippen LogP contribution in [-0.4, -0.2) is 0 Å². The van der Waals surface area contributed by atoms with Crippen LogP contribution in [0.1, 0.15) is 30.4 Å². The highest BCUT2D eigenvalue weighted by Crippen LogP contribution is 2.65. The first-order valence-electron chi connectivity index (χ1n) is 9.23. The zero-order chi connectivity index (χ0) is 16.3. The highest BCUT2D eigenvalue weighted by Gasteiger charge is 2.56. The molecule has 0 aromatic heterocycles. The Labute approximate surface area is 144 Å². The quantitative estimate of drug-likeness (QED) is 0.598. The molecule has 0 nitrogen and oxygen atoms in total. The molecule has 3 aliphatic rings. The Morgan fingerprint density at radius 1 is 0.750 bits per heavy atom. The van der Waals surface area contributed by atoms with Crippen molar-refractivity contribution in [1.29, 1.82) is 0 Å². The second-order valence-corrected chi connectivity index (χ2v) is 7.94. The minimum Gasteiger partial charge on any atom is -0.103 e. The summed E-state index contributed by atoms with van der Waals surface area (Å²) in [5, 5.41) is 0. The van der Waals surface area contributed by atoms with Gasteiger partial charge in [-0.05, 0) is 65.2 Å². The summed E-state index contributed by atoms with van der Waals surface area (Å²) in [4.78, 5) is 0. The summed E-state index contributed by atoms with van der Waals surface area (Å²) >= 11 is 0. The topological polar surface area (TPSA) is 0 Å². The van der Waals surface area contributed by atoms with Gasteiger partial charge in [0.25, 0.3) is 0 Å². The third-order valence-corrected chi connectivity index (χ3v) is 7.14. The number of allylic oxidation sites excluding steroid dienone is 2. The number of fused-ring (bicyclic) bond motifs is 6. The van der Waals surface area contributed by atoms with Crippen LogP contribution in [0.25, 0.3) is 11.1 Å². The molecule has 4 unspecified atom stereocenters. The van der Waals surface area contributed by atoms with Crippen molar-refractivity contribution in [2.75, 3.05) is 0 Å². The molecule has 2 fully saturated rings. The van der Waals surface area contributed by atoms with Crippen molar-refractivity contribution >= 4 is 0 Å². The first-order chi connectivity index (χ1) is 11.8. The van der Waals surface area contributed by atoms with Gasteiger partial charge in [-0.3, -0.25) is 0 Å². The van der Waals surface area contributed by atoms with Crippen LogP contribution in [0.3, 0.4) is 0 Å². The fraction of sp³-hybridized carbons (Fsp3) is 0.333. The van der Waals surface area contributed by atoms with Crippen LogP contribution >= 0.6 is 0 Å². The van der Waals surface area contributed by atoms with Crippen molar-refractivity contribution in [3.05, 3.63) is 85.0 Å². The summed E-state index contributed by atoms with van der Waals surface area (Å²) in [5.41, 5.74) is 6.25. The van der Waals surface area contributed by atoms with Gasteiger partial charge in [0.1, 0.15) is 0 Å². The summed E-state index contributed by atoms with van der Waals surface area (Å²) < 4.78 is 0. The lowest BCUT2D eigenvalue weighted by atomic mass is 9.73. The van der Waals surface area contributed by atoms with Crippen LogP contribution in [-0.2, 0) is 5.41 Å². The fourth-order valence-corrected chi connectivity index (χ4v) is 6.19. The van der Waals surface area contributed by atoms with E-state index in [0.29, 0.717) is 11.8 Å². The molecule has 120 valence electrons. The maximum Gasteiger partial charge on any atom is 0.0221 e. The van der Waals surface area contributed by atoms with Gasteiger partial charge in [-0.1, -0.05) is 60.7 Å². The monoisotopic (exact) mass is 312 g/mol. The summed E-state index contributed by atoms with van der Waals surface area (Å²) in [7, 11) is 0. The van der Waals surface area contributed by atoms with E-state index in [0.717, 1.165) is 11.8 Å². The molecule has 0 aliphatic heterocycles. The molecule has 0 amide bonds. The molecule has 3 aliphatic carbocycles. The summed E-state index contributed by atoms with van der Waals surface area (Å²) in [6, 6.07) is 18.2. The van der Waals surface area contributed by atoms with Crippen molar-refractivity contribution in [3.8, 4) is 11.1 Å². The third-order valence-electron chi connectivity index (χ3n) is 7.14. The molecule has 0 N–H and O–H groups in total. The lowest BCUT2D eigenvalue weighted by Crippen LogP contribution is -2.23. The van der Waals surface area contributed by atoms with Gasteiger partial charge in [0, 0.05) is 5.41 Å². The Bertz CT molecular complexity index is 758. The Balaban J connectivity index is 1.70. The van der Waals surface area contributed by atoms with Crippen LogP contribution in [0.5, 0.6) is 0 Å². The van der Waals surface area contributed by atoms with Gasteiger partial charge in [-0.15, -0.1) is 13.2 Å². The Morgan fingerprint density at radius 3 is 1.67 bits per heavy atom. The van der Waals surface area contributed by atoms with Gasteiger partial charge in [-0.2, -0.15) is 0 Å². The lowest BCUT2D eigenvalue weighted by molar-refractivity contribution is 0.381. The van der Waals surface area contributed by atoms with Crippen molar-refractivity contribution in [2.24, 2.45) is 23.7 Å². The van der Waals surface area contributed by atoms with E-state index in [2.05, 4.69) is 73.8 Å². The molecule has 2 aromatic carbocycles. The second-order valence-electron chi connectivity index (χ2n) is 7.94. The Kier molecular flexibility index (Phi) is 2.95. The van der Waals surface area contributed by atoms with E-state index in [1.54, 1.807) is 11.1 Å². The van der Waals surface area contributed by atoms with E-state index in [4.69, 9.17) is 0 Å². The zero-order valence-electron chi connectivity index (χ0n) is 14.1. The maximum absolute atomic E-state index is 4.14. The number of benzene rings is 2. The third kappa shape index (κ3) is 1.64. The first kappa shape index (κ1) is 14.3. The molecule has 1 spiro atoms. The molecular weight excluding hydrogens is 288 g/mol. The van der Waals surface area contributed by atoms with Gasteiger partial charge in [-0.25, -0.2) is 0 Å². The molecule has 24 heavy (non-hydrogen) atoms. The van der Waals surface area contributed by atoms with Gasteiger partial charge in [0.05, 0.1) is 0 Å². The van der Waals surface area contributed by atoms with Crippen molar-refractivity contribution < 1.29 is 0 Å². The fourth-order valence-electron chi connectivity index (χ4n) is 6.19. The van der Waals surface area contributed by atoms with E-state index in [9.17, 15) is 0 Å². The molecular formula is C24H24. The van der Waals surface area contributed by atoms with Crippen molar-refractivity contribution in [2.45, 2.75) is 24.7 Å². The van der Waals surface area contributed by atoms with Crippen molar-refractivity contribution in [1.82, 2.24) is 0 Å². The SMILES string of the molecule is C=CC1CC(C=C)C2CC3(CC12)c1ccccc1-c1ccccc13. The number of hydrogen-bond acceptors (Lipinski definition) is 0. The highest BCUT2D eigenvalue weighted by molar-refractivity contribution is 5.81. The molecule has 4 atom stereocenters. The summed E-state index contributed by atoms with van der Waals surface area (Å²) in [6.45, 7) is 8.28. The van der Waals surface area contributed by atoms with E-state index in [1.165, 1.54) is 30.4 Å². The predicted molar refractivity (Wildman–Crippen MR) is 101 cm³/mol. The average molecular weight is 312 g/mol. The number of hydrogen-bond donors (Lipinski definition) is 0. The van der Waals surface area contributed by atoms with E-state index in [-0.39, 0.29) is 5.41 Å². The average Bonchev–Trinajstić information content (AvgIpc) is 3.26. The molecule has 0 bridgehead atoms. The standard InChI is InChI=1S/C24H24/c1-3-16-13-17(4-2)21-15-24(14-20(16)21)22-11-7-5-9-18(22)19-10-6-8-12-23(19)24/h3-12,16-17,20-21H,1-2,13-15H2. The van der Waals surface area contributed by atoms with Crippen LogP contribution in [0, 0.1) is 23.7 Å². The predicted octanol–water partition coefficient (Wildman–Crippen LogP) is 5.99. The summed E-state index contributed by atoms with van der Waals surface area (Å²) in [5.74, 6) is 2.81. The molecule has 2 saturated carbocycles. The van der Waals surface area contributed by atoms with Crippen LogP contribution in [0.4, 0.5) is 0 Å². The normalized spacial score (nSPS) is 31.5. The van der Waals surface area contributed by atoms with Gasteiger partial charge >= 0.3 is 0 Å². The smallest absolute Gasteiger partial charge is 0.0221 e. The molecule has 0 heterocycles. The van der Waals surface area contributed by atoms with E-state index in [1.807, 2.05) is 0 Å². The Morgan fingerprint density at radius 2 is 1.21 bits per heavy atom. The molecule has 0 heteroatoms. The molecule has 2 aromatic rings. The van der Waals surface area contributed by atoms with Crippen LogP contribution in [0.2, 0.25) is 0 Å². The van der Waals surface area contributed by atoms with Gasteiger partial charge < -0.3 is 0 Å². The zero-order valence-corrected chi connectivity index (χ0v) is 14.1. The molecule has 0 radical (unpaired) electrons. The van der Waals surface area contributed by atoms with Crippen LogP contribution < -0.4 is 0 Å².